The van der Waals surface area contributed by atoms with Gasteiger partial charge in [0.05, 0.1) is 18.7 Å². The van der Waals surface area contributed by atoms with Crippen LogP contribution in [-0.4, -0.2) is 17.3 Å². The van der Waals surface area contributed by atoms with Crippen molar-refractivity contribution in [1.82, 2.24) is 10.1 Å². The molecule has 0 unspecified atom stereocenters. The summed E-state index contributed by atoms with van der Waals surface area (Å²) in [5.41, 5.74) is 2.97. The third-order valence-electron chi connectivity index (χ3n) is 3.37. The average Bonchev–Trinajstić information content (AvgIpc) is 3.03. The molecule has 3 rings (SSSR count). The fourth-order valence-corrected chi connectivity index (χ4v) is 2.36. The van der Waals surface area contributed by atoms with Crippen molar-refractivity contribution in [3.8, 4) is 17.1 Å². The average molecular weight is 330 g/mol. The normalized spacial score (nSPS) is 10.6. The zero-order valence-corrected chi connectivity index (χ0v) is 13.6. The Morgan fingerprint density at radius 1 is 1.17 bits per heavy atom. The maximum absolute atomic E-state index is 6.09. The molecule has 0 atom stereocenters. The van der Waals surface area contributed by atoms with E-state index in [1.165, 1.54) is 5.56 Å². The number of nitrogens with zero attached hydrogens (tertiary/aromatic N) is 2. The lowest BCUT2D eigenvalue weighted by Gasteiger charge is -2.06. The van der Waals surface area contributed by atoms with Gasteiger partial charge in [-0.25, -0.2) is 0 Å². The second-order valence-electron chi connectivity index (χ2n) is 5.08. The number of hydrogen-bond acceptors (Lipinski definition) is 5. The van der Waals surface area contributed by atoms with Crippen molar-refractivity contribution in [2.45, 2.75) is 13.5 Å². The minimum atomic E-state index is 0.418. The summed E-state index contributed by atoms with van der Waals surface area (Å²) in [6, 6.07) is 13.4. The molecule has 0 spiro atoms. The van der Waals surface area contributed by atoms with Crippen LogP contribution in [0.2, 0.25) is 5.02 Å². The van der Waals surface area contributed by atoms with Crippen molar-refractivity contribution in [3.63, 3.8) is 0 Å². The minimum absolute atomic E-state index is 0.418. The van der Waals surface area contributed by atoms with E-state index in [4.69, 9.17) is 20.9 Å². The van der Waals surface area contributed by atoms with Crippen LogP contribution >= 0.6 is 11.6 Å². The van der Waals surface area contributed by atoms with Crippen LogP contribution in [0.3, 0.4) is 0 Å². The number of nitrogens with one attached hydrogen (secondary N) is 1. The molecule has 0 amide bonds. The van der Waals surface area contributed by atoms with Crippen molar-refractivity contribution in [2.75, 3.05) is 12.4 Å². The first-order chi connectivity index (χ1) is 11.2. The molecule has 3 aromatic rings. The number of aromatic nitrogens is 2. The first-order valence-corrected chi connectivity index (χ1v) is 7.50. The van der Waals surface area contributed by atoms with E-state index in [0.717, 1.165) is 11.3 Å². The predicted molar refractivity (Wildman–Crippen MR) is 89.8 cm³/mol. The molecular weight excluding hydrogens is 314 g/mol. The van der Waals surface area contributed by atoms with Crippen molar-refractivity contribution < 1.29 is 9.26 Å². The van der Waals surface area contributed by atoms with Crippen LogP contribution in [0.1, 0.15) is 11.5 Å². The molecular formula is C17H16ClN3O2. The second kappa shape index (κ2) is 6.71. The summed E-state index contributed by atoms with van der Waals surface area (Å²) >= 11 is 6.09. The molecule has 1 aromatic heterocycles. The molecule has 118 valence electrons. The maximum atomic E-state index is 6.09. The number of ether oxygens (including phenoxy) is 1. The number of rotatable bonds is 5. The molecule has 2 aromatic carbocycles. The van der Waals surface area contributed by atoms with Gasteiger partial charge in [-0.1, -0.05) is 46.6 Å². The summed E-state index contributed by atoms with van der Waals surface area (Å²) in [7, 11) is 1.58. The van der Waals surface area contributed by atoms with Gasteiger partial charge in [0.15, 0.2) is 0 Å². The van der Waals surface area contributed by atoms with Crippen LogP contribution < -0.4 is 10.1 Å². The summed E-state index contributed by atoms with van der Waals surface area (Å²) in [4.78, 5) is 4.38. The van der Waals surface area contributed by atoms with E-state index >= 15 is 0 Å². The van der Waals surface area contributed by atoms with Crippen LogP contribution in [-0.2, 0) is 6.54 Å². The third kappa shape index (κ3) is 3.63. The smallest absolute Gasteiger partial charge is 0.246 e. The highest BCUT2D eigenvalue weighted by molar-refractivity contribution is 6.32. The van der Waals surface area contributed by atoms with Crippen LogP contribution in [0.4, 0.5) is 5.69 Å². The molecule has 0 saturated heterocycles. The lowest BCUT2D eigenvalue weighted by Crippen LogP contribution is -2.00. The zero-order chi connectivity index (χ0) is 16.2. The van der Waals surface area contributed by atoms with Gasteiger partial charge >= 0.3 is 0 Å². The lowest BCUT2D eigenvalue weighted by molar-refractivity contribution is 0.384. The quantitative estimate of drug-likeness (QED) is 0.755. The summed E-state index contributed by atoms with van der Waals surface area (Å²) in [5.74, 6) is 1.72. The highest BCUT2D eigenvalue weighted by atomic mass is 35.5. The van der Waals surface area contributed by atoms with E-state index in [-0.39, 0.29) is 0 Å². The number of aryl methyl sites for hydroxylation is 1. The first kappa shape index (κ1) is 15.4. The van der Waals surface area contributed by atoms with Gasteiger partial charge in [0, 0.05) is 11.3 Å². The summed E-state index contributed by atoms with van der Waals surface area (Å²) < 4.78 is 10.4. The van der Waals surface area contributed by atoms with E-state index in [0.29, 0.717) is 29.0 Å². The maximum Gasteiger partial charge on any atom is 0.246 e. The molecule has 1 N–H and O–H groups in total. The molecule has 6 heteroatoms. The van der Waals surface area contributed by atoms with Crippen molar-refractivity contribution in [1.29, 1.82) is 0 Å². The molecule has 0 aliphatic heterocycles. The highest BCUT2D eigenvalue weighted by Gasteiger charge is 2.09. The Kier molecular flexibility index (Phi) is 4.48. The summed E-state index contributed by atoms with van der Waals surface area (Å²) in [6.07, 6.45) is 0. The van der Waals surface area contributed by atoms with Crippen LogP contribution in [0.25, 0.3) is 11.4 Å². The topological polar surface area (TPSA) is 60.2 Å². The third-order valence-corrected chi connectivity index (χ3v) is 3.67. The predicted octanol–water partition coefficient (Wildman–Crippen LogP) is 4.32. The van der Waals surface area contributed by atoms with E-state index in [2.05, 4.69) is 15.5 Å². The number of hydrogen-bond donors (Lipinski definition) is 1. The number of anilines is 1. The van der Waals surface area contributed by atoms with Crippen molar-refractivity contribution in [2.24, 2.45) is 0 Å². The number of halogens is 1. The molecule has 5 nitrogen and oxygen atoms in total. The van der Waals surface area contributed by atoms with Gasteiger partial charge in [-0.3, -0.25) is 0 Å². The van der Waals surface area contributed by atoms with Crippen molar-refractivity contribution >= 4 is 17.3 Å². The zero-order valence-electron chi connectivity index (χ0n) is 12.8. The lowest BCUT2D eigenvalue weighted by atomic mass is 10.1. The van der Waals surface area contributed by atoms with Gasteiger partial charge in [0.1, 0.15) is 5.75 Å². The molecule has 0 fully saturated rings. The Hall–Kier alpha value is -2.53. The standard InChI is InChI=1S/C17H16ClN3O2/c1-11-3-5-12(6-4-11)17-20-16(23-21-17)10-19-13-7-8-15(22-2)14(18)9-13/h3-9,19H,10H2,1-2H3. The van der Waals surface area contributed by atoms with E-state index in [9.17, 15) is 0 Å². The number of methoxy groups -OCH3 is 1. The molecule has 0 aliphatic carbocycles. The Morgan fingerprint density at radius 3 is 2.65 bits per heavy atom. The van der Waals surface area contributed by atoms with Crippen LogP contribution in [0.15, 0.2) is 47.0 Å². The molecule has 1 heterocycles. The van der Waals surface area contributed by atoms with Gasteiger partial charge in [0.2, 0.25) is 11.7 Å². The fraction of sp³-hybridized carbons (Fsp3) is 0.176. The molecule has 0 saturated carbocycles. The number of benzene rings is 2. The summed E-state index contributed by atoms with van der Waals surface area (Å²) in [5, 5.41) is 7.74. The highest BCUT2D eigenvalue weighted by Crippen LogP contribution is 2.27. The molecule has 0 radical (unpaired) electrons. The molecule has 23 heavy (non-hydrogen) atoms. The van der Waals surface area contributed by atoms with Crippen LogP contribution in [0.5, 0.6) is 5.75 Å². The van der Waals surface area contributed by atoms with Gasteiger partial charge in [-0.15, -0.1) is 0 Å². The van der Waals surface area contributed by atoms with Gasteiger partial charge < -0.3 is 14.6 Å². The van der Waals surface area contributed by atoms with Gasteiger partial charge in [-0.2, -0.15) is 4.98 Å². The van der Waals surface area contributed by atoms with Crippen molar-refractivity contribution in [3.05, 3.63) is 58.9 Å². The Balaban J connectivity index is 1.67. The Labute approximate surface area is 139 Å². The SMILES string of the molecule is COc1ccc(NCc2nc(-c3ccc(C)cc3)no2)cc1Cl. The van der Waals surface area contributed by atoms with Crippen LogP contribution in [0, 0.1) is 6.92 Å². The summed E-state index contributed by atoms with van der Waals surface area (Å²) in [6.45, 7) is 2.46. The van der Waals surface area contributed by atoms with E-state index < -0.39 is 0 Å². The second-order valence-corrected chi connectivity index (χ2v) is 5.49. The monoisotopic (exact) mass is 329 g/mol. The van der Waals surface area contributed by atoms with E-state index in [1.54, 1.807) is 19.2 Å². The molecule has 0 aliphatic rings. The fourth-order valence-electron chi connectivity index (χ4n) is 2.10. The molecule has 0 bridgehead atoms. The largest absolute Gasteiger partial charge is 0.495 e. The van der Waals surface area contributed by atoms with E-state index in [1.807, 2.05) is 37.3 Å². The Bertz CT molecular complexity index is 800. The van der Waals surface area contributed by atoms with Gasteiger partial charge in [-0.05, 0) is 25.1 Å². The first-order valence-electron chi connectivity index (χ1n) is 7.13. The Morgan fingerprint density at radius 2 is 1.96 bits per heavy atom. The minimum Gasteiger partial charge on any atom is -0.495 e. The van der Waals surface area contributed by atoms with Gasteiger partial charge in [0.25, 0.3) is 0 Å².